The molecule has 1 heteroatoms. The SMILES string of the molecule is COC1C=CCC=C1C. The average Bonchev–Trinajstić information content (AvgIpc) is 1.89. The second kappa shape index (κ2) is 2.83. The van der Waals surface area contributed by atoms with Crippen LogP contribution in [0.5, 0.6) is 0 Å². The van der Waals surface area contributed by atoms with Gasteiger partial charge < -0.3 is 4.74 Å². The van der Waals surface area contributed by atoms with Gasteiger partial charge in [0.2, 0.25) is 0 Å². The van der Waals surface area contributed by atoms with Gasteiger partial charge in [-0.05, 0) is 18.9 Å². The van der Waals surface area contributed by atoms with E-state index in [-0.39, 0.29) is 6.10 Å². The van der Waals surface area contributed by atoms with Crippen molar-refractivity contribution in [3.05, 3.63) is 23.8 Å². The van der Waals surface area contributed by atoms with Gasteiger partial charge in [0.1, 0.15) is 0 Å². The van der Waals surface area contributed by atoms with Crippen LogP contribution in [0.4, 0.5) is 0 Å². The summed E-state index contributed by atoms with van der Waals surface area (Å²) in [4.78, 5) is 0. The van der Waals surface area contributed by atoms with Crippen molar-refractivity contribution in [1.82, 2.24) is 0 Å². The van der Waals surface area contributed by atoms with E-state index in [0.29, 0.717) is 0 Å². The highest BCUT2D eigenvalue weighted by molar-refractivity contribution is 5.19. The molecule has 0 saturated carbocycles. The molecule has 0 aromatic heterocycles. The Balaban J connectivity index is 2.59. The topological polar surface area (TPSA) is 9.23 Å². The van der Waals surface area contributed by atoms with Crippen LogP contribution >= 0.6 is 0 Å². The Kier molecular flexibility index (Phi) is 2.06. The third kappa shape index (κ3) is 1.42. The number of allylic oxidation sites excluding steroid dienone is 2. The van der Waals surface area contributed by atoms with Gasteiger partial charge >= 0.3 is 0 Å². The summed E-state index contributed by atoms with van der Waals surface area (Å²) >= 11 is 0. The Bertz CT molecular complexity index is 145. The second-order valence-electron chi connectivity index (χ2n) is 2.27. The molecular weight excluding hydrogens is 112 g/mol. The average molecular weight is 124 g/mol. The maximum atomic E-state index is 5.15. The molecule has 0 saturated heterocycles. The third-order valence-corrected chi connectivity index (χ3v) is 1.59. The standard InChI is InChI=1S/C8H12O/c1-7-5-3-4-6-8(7)9-2/h4-6,8H,3H2,1-2H3. The van der Waals surface area contributed by atoms with Gasteiger partial charge in [-0.2, -0.15) is 0 Å². The molecule has 0 N–H and O–H groups in total. The highest BCUT2D eigenvalue weighted by Crippen LogP contribution is 2.12. The summed E-state index contributed by atoms with van der Waals surface area (Å²) in [5.74, 6) is 0. The number of hydrogen-bond donors (Lipinski definition) is 0. The zero-order chi connectivity index (χ0) is 6.69. The van der Waals surface area contributed by atoms with Crippen molar-refractivity contribution < 1.29 is 4.74 Å². The minimum Gasteiger partial charge on any atom is -0.373 e. The molecule has 1 rings (SSSR count). The Hall–Kier alpha value is -0.560. The van der Waals surface area contributed by atoms with Crippen molar-refractivity contribution in [2.24, 2.45) is 0 Å². The van der Waals surface area contributed by atoms with Crippen molar-refractivity contribution in [3.8, 4) is 0 Å². The third-order valence-electron chi connectivity index (χ3n) is 1.59. The zero-order valence-corrected chi connectivity index (χ0v) is 5.92. The van der Waals surface area contributed by atoms with Crippen molar-refractivity contribution in [2.45, 2.75) is 19.4 Å². The molecule has 50 valence electrons. The molecule has 0 aromatic carbocycles. The first-order valence-electron chi connectivity index (χ1n) is 3.20. The summed E-state index contributed by atoms with van der Waals surface area (Å²) < 4.78 is 5.15. The molecular formula is C8H12O. The molecule has 9 heavy (non-hydrogen) atoms. The van der Waals surface area contributed by atoms with Crippen LogP contribution < -0.4 is 0 Å². The monoisotopic (exact) mass is 124 g/mol. The van der Waals surface area contributed by atoms with Gasteiger partial charge in [0, 0.05) is 7.11 Å². The summed E-state index contributed by atoms with van der Waals surface area (Å²) in [5, 5.41) is 0. The number of hydrogen-bond acceptors (Lipinski definition) is 1. The molecule has 1 nitrogen and oxygen atoms in total. The smallest absolute Gasteiger partial charge is 0.0960 e. The first kappa shape index (κ1) is 6.56. The molecule has 0 heterocycles. The van der Waals surface area contributed by atoms with Crippen LogP contribution in [0.25, 0.3) is 0 Å². The van der Waals surface area contributed by atoms with Crippen LogP contribution in [0.15, 0.2) is 23.8 Å². The van der Waals surface area contributed by atoms with Crippen molar-refractivity contribution in [1.29, 1.82) is 0 Å². The van der Waals surface area contributed by atoms with Gasteiger partial charge in [-0.3, -0.25) is 0 Å². The van der Waals surface area contributed by atoms with Gasteiger partial charge in [0.25, 0.3) is 0 Å². The van der Waals surface area contributed by atoms with E-state index in [1.54, 1.807) is 7.11 Å². The van der Waals surface area contributed by atoms with Crippen LogP contribution in [0.3, 0.4) is 0 Å². The molecule has 0 bridgehead atoms. The summed E-state index contributed by atoms with van der Waals surface area (Å²) in [5.41, 5.74) is 1.32. The molecule has 0 aliphatic heterocycles. The van der Waals surface area contributed by atoms with E-state index < -0.39 is 0 Å². The van der Waals surface area contributed by atoms with Crippen molar-refractivity contribution >= 4 is 0 Å². The molecule has 1 atom stereocenters. The lowest BCUT2D eigenvalue weighted by Gasteiger charge is -2.14. The fourth-order valence-corrected chi connectivity index (χ4v) is 0.988. The molecule has 1 unspecified atom stereocenters. The summed E-state index contributed by atoms with van der Waals surface area (Å²) in [7, 11) is 1.73. The zero-order valence-electron chi connectivity index (χ0n) is 5.92. The highest BCUT2D eigenvalue weighted by atomic mass is 16.5. The summed E-state index contributed by atoms with van der Waals surface area (Å²) in [6, 6.07) is 0. The second-order valence-corrected chi connectivity index (χ2v) is 2.27. The predicted molar refractivity (Wildman–Crippen MR) is 38.3 cm³/mol. The first-order chi connectivity index (χ1) is 4.34. The number of rotatable bonds is 1. The van der Waals surface area contributed by atoms with Crippen LogP contribution in [-0.2, 0) is 4.74 Å². The normalized spacial score (nSPS) is 26.0. The minimum absolute atomic E-state index is 0.235. The Labute approximate surface area is 56.0 Å². The lowest BCUT2D eigenvalue weighted by molar-refractivity contribution is 0.167. The van der Waals surface area contributed by atoms with Crippen molar-refractivity contribution in [2.75, 3.05) is 7.11 Å². The van der Waals surface area contributed by atoms with Gasteiger partial charge in [-0.25, -0.2) is 0 Å². The van der Waals surface area contributed by atoms with E-state index in [1.165, 1.54) is 5.57 Å². The van der Waals surface area contributed by atoms with Gasteiger partial charge in [-0.1, -0.05) is 18.2 Å². The first-order valence-corrected chi connectivity index (χ1v) is 3.20. The van der Waals surface area contributed by atoms with E-state index in [1.807, 2.05) is 0 Å². The van der Waals surface area contributed by atoms with Crippen LogP contribution in [0.1, 0.15) is 13.3 Å². The molecule has 0 amide bonds. The fraction of sp³-hybridized carbons (Fsp3) is 0.500. The summed E-state index contributed by atoms with van der Waals surface area (Å²) in [6.45, 7) is 2.09. The lowest BCUT2D eigenvalue weighted by atomic mass is 10.1. The Morgan fingerprint density at radius 2 is 2.44 bits per heavy atom. The highest BCUT2D eigenvalue weighted by Gasteiger charge is 2.05. The number of ether oxygens (including phenoxy) is 1. The van der Waals surface area contributed by atoms with E-state index in [0.717, 1.165) is 6.42 Å². The maximum Gasteiger partial charge on any atom is 0.0960 e. The van der Waals surface area contributed by atoms with E-state index >= 15 is 0 Å². The molecule has 0 fully saturated rings. The van der Waals surface area contributed by atoms with E-state index in [2.05, 4.69) is 25.2 Å². The molecule has 1 aliphatic rings. The van der Waals surface area contributed by atoms with E-state index in [4.69, 9.17) is 4.74 Å². The van der Waals surface area contributed by atoms with Crippen molar-refractivity contribution in [3.63, 3.8) is 0 Å². The molecule has 0 radical (unpaired) electrons. The van der Waals surface area contributed by atoms with E-state index in [9.17, 15) is 0 Å². The van der Waals surface area contributed by atoms with Gasteiger partial charge in [0.05, 0.1) is 6.10 Å². The molecule has 0 spiro atoms. The largest absolute Gasteiger partial charge is 0.373 e. The quantitative estimate of drug-likeness (QED) is 0.485. The van der Waals surface area contributed by atoms with Gasteiger partial charge in [0.15, 0.2) is 0 Å². The fourth-order valence-electron chi connectivity index (χ4n) is 0.988. The molecule has 1 aliphatic carbocycles. The summed E-state index contributed by atoms with van der Waals surface area (Å²) in [6.07, 6.45) is 7.70. The molecule has 0 aromatic rings. The maximum absolute atomic E-state index is 5.15. The Morgan fingerprint density at radius 1 is 1.67 bits per heavy atom. The van der Waals surface area contributed by atoms with Gasteiger partial charge in [-0.15, -0.1) is 0 Å². The van der Waals surface area contributed by atoms with Crippen LogP contribution in [0.2, 0.25) is 0 Å². The van der Waals surface area contributed by atoms with Crippen LogP contribution in [-0.4, -0.2) is 13.2 Å². The minimum atomic E-state index is 0.235. The lowest BCUT2D eigenvalue weighted by Crippen LogP contribution is -2.10. The predicted octanol–water partition coefficient (Wildman–Crippen LogP) is 1.91. The van der Waals surface area contributed by atoms with Crippen LogP contribution in [0, 0.1) is 0 Å². The number of methoxy groups -OCH3 is 1. The Morgan fingerprint density at radius 3 is 2.89 bits per heavy atom.